The first-order valence-corrected chi connectivity index (χ1v) is 5.79. The number of imidazole rings is 1. The minimum atomic E-state index is -3.68. The molecule has 15 heavy (non-hydrogen) atoms. The van der Waals surface area contributed by atoms with E-state index in [1.807, 2.05) is 0 Å². The molecule has 0 unspecified atom stereocenters. The maximum Gasteiger partial charge on any atom is 0.264 e. The quantitative estimate of drug-likeness (QED) is 0.724. The van der Waals surface area contributed by atoms with Gasteiger partial charge in [0.1, 0.15) is 5.15 Å². The number of nitrogens with zero attached hydrogens (tertiary/aromatic N) is 3. The van der Waals surface area contributed by atoms with Crippen LogP contribution in [0.4, 0.5) is 0 Å². The Morgan fingerprint density at radius 3 is 2.73 bits per heavy atom. The lowest BCUT2D eigenvalue weighted by atomic mass is 10.7. The maximum absolute atomic E-state index is 11.8. The summed E-state index contributed by atoms with van der Waals surface area (Å²) < 4.78 is 26.1. The van der Waals surface area contributed by atoms with E-state index < -0.39 is 10.0 Å². The third kappa shape index (κ3) is 2.15. The van der Waals surface area contributed by atoms with Gasteiger partial charge in [0.25, 0.3) is 10.0 Å². The highest BCUT2D eigenvalue weighted by Gasteiger charge is 2.26. The van der Waals surface area contributed by atoms with E-state index in [0.29, 0.717) is 0 Å². The Morgan fingerprint density at radius 1 is 1.73 bits per heavy atom. The van der Waals surface area contributed by atoms with Gasteiger partial charge >= 0.3 is 0 Å². The number of aromatic nitrogens is 2. The van der Waals surface area contributed by atoms with Gasteiger partial charge in [0.05, 0.1) is 12.9 Å². The minimum absolute atomic E-state index is 0.0186. The van der Waals surface area contributed by atoms with Gasteiger partial charge in [-0.2, -0.15) is 4.31 Å². The molecule has 5 nitrogen and oxygen atoms in total. The number of rotatable bonds is 3. The summed E-state index contributed by atoms with van der Waals surface area (Å²) in [5.74, 6) is 2.24. The molecular formula is C8H10ClN3O2S. The average molecular weight is 248 g/mol. The van der Waals surface area contributed by atoms with Crippen molar-refractivity contribution in [2.75, 3.05) is 13.6 Å². The topological polar surface area (TPSA) is 55.2 Å². The fourth-order valence-corrected chi connectivity index (χ4v) is 2.39. The Morgan fingerprint density at radius 2 is 2.33 bits per heavy atom. The third-order valence-corrected chi connectivity index (χ3v) is 4.10. The summed E-state index contributed by atoms with van der Waals surface area (Å²) in [6.45, 7) is -0.0186. The first-order chi connectivity index (χ1) is 6.91. The van der Waals surface area contributed by atoms with Crippen LogP contribution in [0.2, 0.25) is 5.15 Å². The standard InChI is InChI=1S/C8H10ClN3O2S/c1-4-5-12(3)15(13,14)8-7(9)11(2)6-10-8/h1,6H,5H2,2-3H3. The van der Waals surface area contributed by atoms with Crippen LogP contribution >= 0.6 is 11.6 Å². The molecule has 0 saturated carbocycles. The van der Waals surface area contributed by atoms with Crippen molar-refractivity contribution >= 4 is 21.6 Å². The molecule has 1 heterocycles. The summed E-state index contributed by atoms with van der Waals surface area (Å²) in [4.78, 5) is 3.72. The van der Waals surface area contributed by atoms with Crippen LogP contribution in [0.5, 0.6) is 0 Å². The molecule has 7 heteroatoms. The van der Waals surface area contributed by atoms with Gasteiger partial charge in [-0.15, -0.1) is 6.42 Å². The van der Waals surface area contributed by atoms with E-state index in [2.05, 4.69) is 10.9 Å². The Hall–Kier alpha value is -1.03. The lowest BCUT2D eigenvalue weighted by Crippen LogP contribution is -2.27. The highest BCUT2D eigenvalue weighted by molar-refractivity contribution is 7.89. The molecule has 0 saturated heterocycles. The maximum atomic E-state index is 11.8. The first kappa shape index (κ1) is 12.0. The Balaban J connectivity index is 3.19. The fourth-order valence-electron chi connectivity index (χ4n) is 0.928. The zero-order valence-electron chi connectivity index (χ0n) is 8.31. The van der Waals surface area contributed by atoms with Gasteiger partial charge < -0.3 is 4.57 Å². The van der Waals surface area contributed by atoms with Crippen LogP contribution in [0.1, 0.15) is 0 Å². The molecule has 0 aliphatic carbocycles. The highest BCUT2D eigenvalue weighted by Crippen LogP contribution is 2.21. The first-order valence-electron chi connectivity index (χ1n) is 3.98. The largest absolute Gasteiger partial charge is 0.324 e. The zero-order chi connectivity index (χ0) is 11.6. The molecule has 0 aliphatic heterocycles. The second-order valence-corrected chi connectivity index (χ2v) is 5.23. The van der Waals surface area contributed by atoms with Crippen LogP contribution in [0, 0.1) is 12.3 Å². The average Bonchev–Trinajstić information content (AvgIpc) is 2.48. The van der Waals surface area contributed by atoms with Crippen molar-refractivity contribution in [1.82, 2.24) is 13.9 Å². The van der Waals surface area contributed by atoms with E-state index in [-0.39, 0.29) is 16.7 Å². The summed E-state index contributed by atoms with van der Waals surface area (Å²) in [6.07, 6.45) is 6.37. The van der Waals surface area contributed by atoms with Gasteiger partial charge in [-0.25, -0.2) is 13.4 Å². The van der Waals surface area contributed by atoms with E-state index in [9.17, 15) is 8.42 Å². The second kappa shape index (κ2) is 4.23. The van der Waals surface area contributed by atoms with Crippen LogP contribution in [-0.2, 0) is 17.1 Å². The molecule has 0 aliphatic rings. The van der Waals surface area contributed by atoms with Crippen molar-refractivity contribution in [2.24, 2.45) is 7.05 Å². The van der Waals surface area contributed by atoms with E-state index in [1.165, 1.54) is 17.9 Å². The Kier molecular flexibility index (Phi) is 3.39. The monoisotopic (exact) mass is 247 g/mol. The van der Waals surface area contributed by atoms with Crippen molar-refractivity contribution in [3.63, 3.8) is 0 Å². The fraction of sp³-hybridized carbons (Fsp3) is 0.375. The van der Waals surface area contributed by atoms with Crippen molar-refractivity contribution in [2.45, 2.75) is 5.03 Å². The molecule has 0 N–H and O–H groups in total. The van der Waals surface area contributed by atoms with Gasteiger partial charge in [-0.1, -0.05) is 17.5 Å². The van der Waals surface area contributed by atoms with Gasteiger partial charge in [-0.3, -0.25) is 0 Å². The van der Waals surface area contributed by atoms with E-state index in [0.717, 1.165) is 4.31 Å². The SMILES string of the molecule is C#CCN(C)S(=O)(=O)c1ncn(C)c1Cl. The number of halogens is 1. The van der Waals surface area contributed by atoms with Crippen LogP contribution in [0.15, 0.2) is 11.4 Å². The predicted molar refractivity (Wildman–Crippen MR) is 56.9 cm³/mol. The Bertz CT molecular complexity index is 500. The summed E-state index contributed by atoms with van der Waals surface area (Å²) in [5.41, 5.74) is 0. The van der Waals surface area contributed by atoms with Gasteiger partial charge in [0.15, 0.2) is 0 Å². The summed E-state index contributed by atoms with van der Waals surface area (Å²) in [7, 11) is -0.702. The number of terminal acetylenes is 1. The molecular weight excluding hydrogens is 238 g/mol. The summed E-state index contributed by atoms with van der Waals surface area (Å²) >= 11 is 5.78. The van der Waals surface area contributed by atoms with Crippen molar-refractivity contribution in [1.29, 1.82) is 0 Å². The van der Waals surface area contributed by atoms with Gasteiger partial charge in [-0.05, 0) is 0 Å². The second-order valence-electron chi connectivity index (χ2n) is 2.92. The molecule has 0 fully saturated rings. The molecule has 0 aromatic carbocycles. The normalized spacial score (nSPS) is 11.7. The molecule has 1 aromatic rings. The van der Waals surface area contributed by atoms with Crippen LogP contribution in [0.3, 0.4) is 0 Å². The highest BCUT2D eigenvalue weighted by atomic mass is 35.5. The van der Waals surface area contributed by atoms with Crippen LogP contribution in [0.25, 0.3) is 0 Å². The number of hydrogen-bond acceptors (Lipinski definition) is 3. The third-order valence-electron chi connectivity index (χ3n) is 1.80. The van der Waals surface area contributed by atoms with E-state index in [4.69, 9.17) is 18.0 Å². The van der Waals surface area contributed by atoms with Gasteiger partial charge in [0.2, 0.25) is 5.03 Å². The zero-order valence-corrected chi connectivity index (χ0v) is 9.88. The molecule has 0 bridgehead atoms. The number of aryl methyl sites for hydroxylation is 1. The molecule has 0 atom stereocenters. The van der Waals surface area contributed by atoms with E-state index in [1.54, 1.807) is 7.05 Å². The molecule has 0 amide bonds. The lowest BCUT2D eigenvalue weighted by Gasteiger charge is -2.12. The molecule has 1 aromatic heterocycles. The lowest BCUT2D eigenvalue weighted by molar-refractivity contribution is 0.500. The molecule has 0 spiro atoms. The van der Waals surface area contributed by atoms with Crippen molar-refractivity contribution < 1.29 is 8.42 Å². The van der Waals surface area contributed by atoms with E-state index >= 15 is 0 Å². The summed E-state index contributed by atoms with van der Waals surface area (Å²) in [5, 5.41) is -0.108. The summed E-state index contributed by atoms with van der Waals surface area (Å²) in [6, 6.07) is 0. The predicted octanol–water partition coefficient (Wildman–Crippen LogP) is 0.327. The van der Waals surface area contributed by atoms with Crippen molar-refractivity contribution in [3.05, 3.63) is 11.5 Å². The van der Waals surface area contributed by atoms with Crippen molar-refractivity contribution in [3.8, 4) is 12.3 Å². The Labute approximate surface area is 93.7 Å². The molecule has 1 rings (SSSR count). The van der Waals surface area contributed by atoms with Crippen LogP contribution in [-0.4, -0.2) is 35.9 Å². The smallest absolute Gasteiger partial charge is 0.264 e. The van der Waals surface area contributed by atoms with Gasteiger partial charge in [0, 0.05) is 14.1 Å². The number of hydrogen-bond donors (Lipinski definition) is 0. The van der Waals surface area contributed by atoms with Crippen LogP contribution < -0.4 is 0 Å². The number of sulfonamides is 1. The molecule has 82 valence electrons. The minimum Gasteiger partial charge on any atom is -0.324 e. The molecule has 0 radical (unpaired) electrons.